The number of nitrogens with zero attached hydrogens (tertiary/aromatic N) is 1. The molecule has 0 aliphatic carbocycles. The molecule has 25 heavy (non-hydrogen) atoms. The predicted octanol–water partition coefficient (Wildman–Crippen LogP) is 2.48. The number of para-hydroxylation sites is 1. The first-order valence-electron chi connectivity index (χ1n) is 8.58. The lowest BCUT2D eigenvalue weighted by Crippen LogP contribution is -2.41. The molecule has 1 aromatic heterocycles. The Balaban J connectivity index is 1.60. The Hall–Kier alpha value is -2.60. The van der Waals surface area contributed by atoms with E-state index < -0.39 is 11.8 Å². The van der Waals surface area contributed by atoms with Gasteiger partial charge in [-0.05, 0) is 57.1 Å². The van der Waals surface area contributed by atoms with Crippen molar-refractivity contribution < 1.29 is 14.0 Å². The maximum absolute atomic E-state index is 12.1. The summed E-state index contributed by atoms with van der Waals surface area (Å²) in [5.41, 5.74) is 0.598. The Morgan fingerprint density at radius 1 is 1.08 bits per heavy atom. The third-order valence-corrected chi connectivity index (χ3v) is 4.36. The average molecular weight is 341 g/mol. The Morgan fingerprint density at radius 3 is 2.44 bits per heavy atom. The fourth-order valence-electron chi connectivity index (χ4n) is 3.07. The molecule has 1 aliphatic heterocycles. The van der Waals surface area contributed by atoms with E-state index in [-0.39, 0.29) is 6.04 Å². The fraction of sp³-hybridized carbons (Fsp3) is 0.368. The van der Waals surface area contributed by atoms with E-state index in [0.29, 0.717) is 12.2 Å². The zero-order valence-electron chi connectivity index (χ0n) is 14.3. The van der Waals surface area contributed by atoms with Crippen molar-refractivity contribution in [3.63, 3.8) is 0 Å². The molecule has 1 aromatic carbocycles. The van der Waals surface area contributed by atoms with Gasteiger partial charge < -0.3 is 15.1 Å². The summed E-state index contributed by atoms with van der Waals surface area (Å²) in [6, 6.07) is 12.7. The number of anilines is 1. The van der Waals surface area contributed by atoms with Gasteiger partial charge in [0.1, 0.15) is 11.5 Å². The summed E-state index contributed by atoms with van der Waals surface area (Å²) in [7, 11) is 0. The van der Waals surface area contributed by atoms with Gasteiger partial charge in [-0.15, -0.1) is 0 Å². The molecule has 2 aromatic rings. The fourth-order valence-corrected chi connectivity index (χ4v) is 3.07. The Bertz CT molecular complexity index is 721. The van der Waals surface area contributed by atoms with Crippen molar-refractivity contribution in [3.05, 3.63) is 54.0 Å². The number of hydrogen-bond acceptors (Lipinski definition) is 4. The van der Waals surface area contributed by atoms with E-state index in [0.717, 1.165) is 37.5 Å². The van der Waals surface area contributed by atoms with E-state index in [1.54, 1.807) is 24.3 Å². The van der Waals surface area contributed by atoms with Gasteiger partial charge in [0, 0.05) is 12.2 Å². The summed E-state index contributed by atoms with van der Waals surface area (Å²) < 4.78 is 5.75. The summed E-state index contributed by atoms with van der Waals surface area (Å²) in [5.74, 6) is 0.355. The number of aryl methyl sites for hydroxylation is 1. The third kappa shape index (κ3) is 4.48. The van der Waals surface area contributed by atoms with Crippen LogP contribution in [-0.2, 0) is 9.59 Å². The summed E-state index contributed by atoms with van der Waals surface area (Å²) >= 11 is 0. The molecular weight excluding hydrogens is 318 g/mol. The number of benzene rings is 1. The monoisotopic (exact) mass is 341 g/mol. The van der Waals surface area contributed by atoms with Crippen molar-refractivity contribution >= 4 is 17.5 Å². The number of nitrogens with one attached hydrogen (secondary N) is 2. The number of rotatable bonds is 5. The van der Waals surface area contributed by atoms with Crippen LogP contribution >= 0.6 is 0 Å². The molecule has 2 N–H and O–H groups in total. The van der Waals surface area contributed by atoms with Gasteiger partial charge in [-0.2, -0.15) is 0 Å². The number of hydrogen-bond donors (Lipinski definition) is 2. The van der Waals surface area contributed by atoms with Crippen LogP contribution in [0.1, 0.15) is 30.4 Å². The average Bonchev–Trinajstić information content (AvgIpc) is 3.28. The highest BCUT2D eigenvalue weighted by Crippen LogP contribution is 2.26. The molecule has 2 amide bonds. The first kappa shape index (κ1) is 17.2. The second kappa shape index (κ2) is 7.98. The van der Waals surface area contributed by atoms with Gasteiger partial charge in [-0.25, -0.2) is 0 Å². The van der Waals surface area contributed by atoms with Crippen molar-refractivity contribution in [1.82, 2.24) is 10.2 Å². The smallest absolute Gasteiger partial charge is 0.313 e. The van der Waals surface area contributed by atoms with Crippen LogP contribution in [0.25, 0.3) is 0 Å². The molecule has 1 aliphatic rings. The van der Waals surface area contributed by atoms with Crippen molar-refractivity contribution in [1.29, 1.82) is 0 Å². The predicted molar refractivity (Wildman–Crippen MR) is 95.1 cm³/mol. The summed E-state index contributed by atoms with van der Waals surface area (Å²) in [4.78, 5) is 26.4. The van der Waals surface area contributed by atoms with Gasteiger partial charge in [-0.3, -0.25) is 14.5 Å². The Morgan fingerprint density at radius 2 is 1.80 bits per heavy atom. The molecule has 1 saturated heterocycles. The summed E-state index contributed by atoms with van der Waals surface area (Å²) in [6.45, 7) is 4.18. The number of carbonyl (C=O) groups excluding carboxylic acids is 2. The molecule has 0 bridgehead atoms. The number of likely N-dealkylation sites (tertiary alicyclic amines) is 1. The van der Waals surface area contributed by atoms with Gasteiger partial charge in [0.05, 0.1) is 6.04 Å². The van der Waals surface area contributed by atoms with Gasteiger partial charge in [0.15, 0.2) is 0 Å². The van der Waals surface area contributed by atoms with Gasteiger partial charge in [0.2, 0.25) is 0 Å². The zero-order chi connectivity index (χ0) is 17.6. The van der Waals surface area contributed by atoms with E-state index >= 15 is 0 Å². The second-order valence-electron chi connectivity index (χ2n) is 6.24. The second-order valence-corrected chi connectivity index (χ2v) is 6.24. The maximum atomic E-state index is 12.1. The van der Waals surface area contributed by atoms with Crippen LogP contribution in [-0.4, -0.2) is 36.3 Å². The summed E-state index contributed by atoms with van der Waals surface area (Å²) in [6.07, 6.45) is 2.28. The van der Waals surface area contributed by atoms with E-state index in [1.807, 2.05) is 25.1 Å². The molecule has 132 valence electrons. The SMILES string of the molecule is Cc1ccc([C@H](CNC(=O)C(=O)Nc2ccccc2)N2CCCC2)o1. The standard InChI is InChI=1S/C19H23N3O3/c1-14-9-10-17(25-14)16(22-11-5-6-12-22)13-20-18(23)19(24)21-15-7-3-2-4-8-15/h2-4,7-10,16H,5-6,11-13H2,1H3,(H,20,23)(H,21,24)/t16-/m0/s1. The highest BCUT2D eigenvalue weighted by molar-refractivity contribution is 6.39. The Labute approximate surface area is 147 Å². The molecule has 1 atom stereocenters. The molecule has 0 unspecified atom stereocenters. The largest absolute Gasteiger partial charge is 0.465 e. The number of amides is 2. The van der Waals surface area contributed by atoms with Gasteiger partial charge in [0.25, 0.3) is 0 Å². The number of carbonyl (C=O) groups is 2. The molecule has 0 spiro atoms. The van der Waals surface area contributed by atoms with Crippen molar-refractivity contribution in [2.75, 3.05) is 25.0 Å². The molecule has 2 heterocycles. The highest BCUT2D eigenvalue weighted by Gasteiger charge is 2.27. The first-order chi connectivity index (χ1) is 12.1. The molecular formula is C19H23N3O3. The lowest BCUT2D eigenvalue weighted by atomic mass is 10.2. The zero-order valence-corrected chi connectivity index (χ0v) is 14.3. The van der Waals surface area contributed by atoms with Crippen molar-refractivity contribution in [3.8, 4) is 0 Å². The van der Waals surface area contributed by atoms with Crippen LogP contribution in [0.5, 0.6) is 0 Å². The van der Waals surface area contributed by atoms with E-state index in [2.05, 4.69) is 15.5 Å². The lowest BCUT2D eigenvalue weighted by molar-refractivity contribution is -0.136. The van der Waals surface area contributed by atoms with Crippen LogP contribution in [0.2, 0.25) is 0 Å². The quantitative estimate of drug-likeness (QED) is 0.820. The van der Waals surface area contributed by atoms with Gasteiger partial charge in [-0.1, -0.05) is 18.2 Å². The minimum Gasteiger partial charge on any atom is -0.465 e. The van der Waals surface area contributed by atoms with Crippen LogP contribution in [0.4, 0.5) is 5.69 Å². The topological polar surface area (TPSA) is 74.6 Å². The van der Waals surface area contributed by atoms with Crippen molar-refractivity contribution in [2.45, 2.75) is 25.8 Å². The highest BCUT2D eigenvalue weighted by atomic mass is 16.3. The molecule has 0 saturated carbocycles. The van der Waals surface area contributed by atoms with E-state index in [4.69, 9.17) is 4.42 Å². The van der Waals surface area contributed by atoms with E-state index in [1.165, 1.54) is 0 Å². The Kier molecular flexibility index (Phi) is 5.50. The molecule has 6 heteroatoms. The number of furan rings is 1. The molecule has 1 fully saturated rings. The van der Waals surface area contributed by atoms with Crippen LogP contribution in [0.3, 0.4) is 0 Å². The first-order valence-corrected chi connectivity index (χ1v) is 8.58. The minimum absolute atomic E-state index is 0.0512. The van der Waals surface area contributed by atoms with E-state index in [9.17, 15) is 9.59 Å². The minimum atomic E-state index is -0.665. The maximum Gasteiger partial charge on any atom is 0.313 e. The van der Waals surface area contributed by atoms with Crippen molar-refractivity contribution in [2.24, 2.45) is 0 Å². The molecule has 6 nitrogen and oxygen atoms in total. The van der Waals surface area contributed by atoms with Crippen LogP contribution in [0, 0.1) is 6.92 Å². The lowest BCUT2D eigenvalue weighted by Gasteiger charge is -2.25. The van der Waals surface area contributed by atoms with Crippen LogP contribution in [0.15, 0.2) is 46.9 Å². The third-order valence-electron chi connectivity index (χ3n) is 4.36. The molecule has 0 radical (unpaired) electrons. The summed E-state index contributed by atoms with van der Waals surface area (Å²) in [5, 5.41) is 5.33. The van der Waals surface area contributed by atoms with Crippen LogP contribution < -0.4 is 10.6 Å². The normalized spacial score (nSPS) is 15.7. The molecule has 3 rings (SSSR count). The van der Waals surface area contributed by atoms with Gasteiger partial charge >= 0.3 is 11.8 Å².